The third kappa shape index (κ3) is 3.68. The summed E-state index contributed by atoms with van der Waals surface area (Å²) < 4.78 is 6.35. The highest BCUT2D eigenvalue weighted by atomic mass is 79.9. The van der Waals surface area contributed by atoms with Crippen molar-refractivity contribution < 1.29 is 9.21 Å². The zero-order chi connectivity index (χ0) is 13.8. The van der Waals surface area contributed by atoms with E-state index in [1.807, 2.05) is 43.3 Å². The second-order valence-electron chi connectivity index (χ2n) is 4.31. The SMILES string of the molecule is CN(C)C(CNC(=O)c1ccc(Br)s1)c1ccco1. The Morgan fingerprint density at radius 3 is 2.79 bits per heavy atom. The van der Waals surface area contributed by atoms with Crippen LogP contribution in [0.4, 0.5) is 0 Å². The lowest BCUT2D eigenvalue weighted by atomic mass is 10.2. The van der Waals surface area contributed by atoms with Gasteiger partial charge in [-0.1, -0.05) is 0 Å². The summed E-state index contributed by atoms with van der Waals surface area (Å²) >= 11 is 4.77. The van der Waals surface area contributed by atoms with Crippen LogP contribution in [0.15, 0.2) is 38.7 Å². The second-order valence-corrected chi connectivity index (χ2v) is 6.77. The highest BCUT2D eigenvalue weighted by Crippen LogP contribution is 2.22. The van der Waals surface area contributed by atoms with Crippen molar-refractivity contribution in [3.8, 4) is 0 Å². The molecule has 2 aromatic heterocycles. The summed E-state index contributed by atoms with van der Waals surface area (Å²) in [7, 11) is 3.92. The largest absolute Gasteiger partial charge is 0.468 e. The van der Waals surface area contributed by atoms with Crippen molar-refractivity contribution in [1.29, 1.82) is 0 Å². The normalized spacial score (nSPS) is 12.6. The van der Waals surface area contributed by atoms with E-state index in [2.05, 4.69) is 21.2 Å². The predicted molar refractivity (Wildman–Crippen MR) is 79.5 cm³/mol. The van der Waals surface area contributed by atoms with Crippen LogP contribution in [0, 0.1) is 0 Å². The monoisotopic (exact) mass is 342 g/mol. The van der Waals surface area contributed by atoms with Gasteiger partial charge in [-0.3, -0.25) is 9.69 Å². The number of hydrogen-bond donors (Lipinski definition) is 1. The highest BCUT2D eigenvalue weighted by Gasteiger charge is 2.18. The molecule has 0 spiro atoms. The highest BCUT2D eigenvalue weighted by molar-refractivity contribution is 9.11. The van der Waals surface area contributed by atoms with Gasteiger partial charge < -0.3 is 9.73 Å². The van der Waals surface area contributed by atoms with Gasteiger partial charge in [-0.25, -0.2) is 0 Å². The Bertz CT molecular complexity index is 537. The summed E-state index contributed by atoms with van der Waals surface area (Å²) in [6, 6.07) is 7.47. The quantitative estimate of drug-likeness (QED) is 0.907. The van der Waals surface area contributed by atoms with Crippen LogP contribution in [0.2, 0.25) is 0 Å². The van der Waals surface area contributed by atoms with Gasteiger partial charge in [-0.2, -0.15) is 0 Å². The van der Waals surface area contributed by atoms with Crippen LogP contribution in [0.3, 0.4) is 0 Å². The van der Waals surface area contributed by atoms with E-state index in [0.717, 1.165) is 9.55 Å². The first kappa shape index (κ1) is 14.3. The summed E-state index contributed by atoms with van der Waals surface area (Å²) in [5.41, 5.74) is 0. The minimum atomic E-state index is -0.0610. The Kier molecular flexibility index (Phi) is 4.79. The molecule has 0 fully saturated rings. The molecule has 0 aliphatic rings. The Morgan fingerprint density at radius 2 is 2.26 bits per heavy atom. The van der Waals surface area contributed by atoms with E-state index < -0.39 is 0 Å². The number of hydrogen-bond acceptors (Lipinski definition) is 4. The summed E-state index contributed by atoms with van der Waals surface area (Å²) in [5, 5.41) is 2.93. The molecule has 0 saturated heterocycles. The van der Waals surface area contributed by atoms with Gasteiger partial charge in [0.2, 0.25) is 0 Å². The fourth-order valence-electron chi connectivity index (χ4n) is 1.73. The van der Waals surface area contributed by atoms with E-state index >= 15 is 0 Å². The van der Waals surface area contributed by atoms with Gasteiger partial charge in [-0.15, -0.1) is 11.3 Å². The molecule has 0 bridgehead atoms. The molecule has 4 nitrogen and oxygen atoms in total. The van der Waals surface area contributed by atoms with Gasteiger partial charge in [0.15, 0.2) is 0 Å². The summed E-state index contributed by atoms with van der Waals surface area (Å²) in [6.07, 6.45) is 1.64. The first-order valence-electron chi connectivity index (χ1n) is 5.81. The number of carbonyl (C=O) groups excluding carboxylic acids is 1. The molecule has 0 aliphatic carbocycles. The Balaban J connectivity index is 1.98. The maximum absolute atomic E-state index is 12.0. The molecule has 1 amide bonds. The topological polar surface area (TPSA) is 45.5 Å². The molecular weight excluding hydrogens is 328 g/mol. The maximum atomic E-state index is 12.0. The van der Waals surface area contributed by atoms with Gasteiger partial charge in [0.1, 0.15) is 5.76 Å². The van der Waals surface area contributed by atoms with Crippen LogP contribution >= 0.6 is 27.3 Å². The molecule has 1 unspecified atom stereocenters. The first-order chi connectivity index (χ1) is 9.08. The molecule has 0 radical (unpaired) electrons. The average Bonchev–Trinajstić information content (AvgIpc) is 3.00. The molecule has 0 saturated carbocycles. The van der Waals surface area contributed by atoms with Crippen molar-refractivity contribution in [2.75, 3.05) is 20.6 Å². The molecule has 0 aromatic carbocycles. The zero-order valence-corrected chi connectivity index (χ0v) is 13.1. The van der Waals surface area contributed by atoms with Crippen LogP contribution < -0.4 is 5.32 Å². The van der Waals surface area contributed by atoms with Gasteiger partial charge >= 0.3 is 0 Å². The Hall–Kier alpha value is -1.11. The minimum absolute atomic E-state index is 0.0300. The number of nitrogens with zero attached hydrogens (tertiary/aromatic N) is 1. The van der Waals surface area contributed by atoms with Gasteiger partial charge in [0, 0.05) is 6.54 Å². The van der Waals surface area contributed by atoms with Crippen molar-refractivity contribution >= 4 is 33.2 Å². The fourth-order valence-corrected chi connectivity index (χ4v) is 3.03. The number of thiophene rings is 1. The van der Waals surface area contributed by atoms with Crippen LogP contribution in [-0.2, 0) is 0 Å². The molecule has 2 rings (SSSR count). The van der Waals surface area contributed by atoms with Crippen molar-refractivity contribution in [3.63, 3.8) is 0 Å². The van der Waals surface area contributed by atoms with Crippen LogP contribution in [0.1, 0.15) is 21.5 Å². The summed E-state index contributed by atoms with van der Waals surface area (Å²) in [6.45, 7) is 0.509. The summed E-state index contributed by atoms with van der Waals surface area (Å²) in [4.78, 5) is 14.7. The first-order valence-corrected chi connectivity index (χ1v) is 7.42. The Labute approximate surface area is 124 Å². The molecule has 0 aliphatic heterocycles. The standard InChI is InChI=1S/C13H15BrN2O2S/c1-16(2)9(10-4-3-7-18-10)8-15-13(17)11-5-6-12(14)19-11/h3-7,9H,8H2,1-2H3,(H,15,17). The lowest BCUT2D eigenvalue weighted by molar-refractivity contribution is 0.0943. The van der Waals surface area contributed by atoms with Crippen LogP contribution in [0.5, 0.6) is 0 Å². The number of nitrogens with one attached hydrogen (secondary N) is 1. The van der Waals surface area contributed by atoms with E-state index in [0.29, 0.717) is 11.4 Å². The number of carbonyl (C=O) groups is 1. The van der Waals surface area contributed by atoms with E-state index in [1.165, 1.54) is 11.3 Å². The number of likely N-dealkylation sites (N-methyl/N-ethyl adjacent to an activating group) is 1. The molecular formula is C13H15BrN2O2S. The van der Waals surface area contributed by atoms with Crippen molar-refractivity contribution in [2.24, 2.45) is 0 Å². The van der Waals surface area contributed by atoms with E-state index in [1.54, 1.807) is 6.26 Å². The molecule has 102 valence electrons. The number of furan rings is 1. The van der Waals surface area contributed by atoms with E-state index in [4.69, 9.17) is 4.42 Å². The van der Waals surface area contributed by atoms with Crippen molar-refractivity contribution in [2.45, 2.75) is 6.04 Å². The van der Waals surface area contributed by atoms with Gasteiger partial charge in [0.25, 0.3) is 5.91 Å². The van der Waals surface area contributed by atoms with Crippen LogP contribution in [0.25, 0.3) is 0 Å². The minimum Gasteiger partial charge on any atom is -0.468 e. The van der Waals surface area contributed by atoms with Crippen molar-refractivity contribution in [1.82, 2.24) is 10.2 Å². The summed E-state index contributed by atoms with van der Waals surface area (Å²) in [5.74, 6) is 0.784. The third-order valence-corrected chi connectivity index (χ3v) is 4.37. The molecule has 1 N–H and O–H groups in total. The fraction of sp³-hybridized carbons (Fsp3) is 0.308. The number of rotatable bonds is 5. The Morgan fingerprint density at radius 1 is 1.47 bits per heavy atom. The predicted octanol–water partition coefficient (Wildman–Crippen LogP) is 3.14. The maximum Gasteiger partial charge on any atom is 0.261 e. The molecule has 2 aromatic rings. The smallest absolute Gasteiger partial charge is 0.261 e. The molecule has 1 atom stereocenters. The third-order valence-electron chi connectivity index (χ3n) is 2.75. The van der Waals surface area contributed by atoms with E-state index in [9.17, 15) is 4.79 Å². The van der Waals surface area contributed by atoms with Gasteiger partial charge in [0.05, 0.1) is 21.0 Å². The second kappa shape index (κ2) is 6.36. The molecule has 19 heavy (non-hydrogen) atoms. The molecule has 2 heterocycles. The number of amides is 1. The lowest BCUT2D eigenvalue weighted by Gasteiger charge is -2.22. The van der Waals surface area contributed by atoms with Gasteiger partial charge in [-0.05, 0) is 54.3 Å². The van der Waals surface area contributed by atoms with Crippen LogP contribution in [-0.4, -0.2) is 31.4 Å². The number of halogens is 1. The average molecular weight is 343 g/mol. The zero-order valence-electron chi connectivity index (χ0n) is 10.7. The van der Waals surface area contributed by atoms with E-state index in [-0.39, 0.29) is 11.9 Å². The van der Waals surface area contributed by atoms with Crippen molar-refractivity contribution in [3.05, 3.63) is 45.0 Å². The lowest BCUT2D eigenvalue weighted by Crippen LogP contribution is -2.34. The molecule has 6 heteroatoms.